The first-order valence-corrected chi connectivity index (χ1v) is 11.7. The van der Waals surface area contributed by atoms with Gasteiger partial charge in [-0.2, -0.15) is 0 Å². The minimum atomic E-state index is -0.971. The molecule has 3 N–H and O–H groups in total. The van der Waals surface area contributed by atoms with E-state index in [0.29, 0.717) is 6.54 Å². The van der Waals surface area contributed by atoms with Crippen LogP contribution >= 0.6 is 0 Å². The van der Waals surface area contributed by atoms with E-state index < -0.39 is 18.0 Å². The number of rotatable bonds is 23. The lowest BCUT2D eigenvalue weighted by atomic mass is 10.0. The maximum Gasteiger partial charge on any atom is 0.320 e. The highest BCUT2D eigenvalue weighted by molar-refractivity contribution is 5.75. The maximum absolute atomic E-state index is 11.1. The number of carbonyl (C=O) groups excluding carboxylic acids is 1. The minimum Gasteiger partial charge on any atom is -0.481 e. The van der Waals surface area contributed by atoms with Gasteiger partial charge in [-0.3, -0.25) is 9.59 Å². The fraction of sp³-hybridized carbons (Fsp3) is 0.870. The van der Waals surface area contributed by atoms with Crippen molar-refractivity contribution in [2.45, 2.75) is 122 Å². The molecule has 0 radical (unpaired) electrons. The van der Waals surface area contributed by atoms with E-state index in [1.54, 1.807) is 0 Å². The summed E-state index contributed by atoms with van der Waals surface area (Å²) >= 11 is 0. The fourth-order valence-electron chi connectivity index (χ4n) is 3.51. The van der Waals surface area contributed by atoms with Crippen LogP contribution < -0.4 is 5.32 Å². The molecule has 0 aliphatic rings. The first-order valence-electron chi connectivity index (χ1n) is 11.7. The second-order valence-electron chi connectivity index (χ2n) is 8.04. The molecule has 0 spiro atoms. The molecule has 0 heterocycles. The van der Waals surface area contributed by atoms with Crippen molar-refractivity contribution in [2.75, 3.05) is 6.54 Å². The van der Waals surface area contributed by atoms with E-state index in [-0.39, 0.29) is 12.8 Å². The second-order valence-corrected chi connectivity index (χ2v) is 8.04. The van der Waals surface area contributed by atoms with Crippen molar-refractivity contribution in [2.24, 2.45) is 0 Å². The number of aldehydes is 1. The van der Waals surface area contributed by atoms with Crippen LogP contribution in [0.4, 0.5) is 0 Å². The number of nitrogens with one attached hydrogen (secondary N) is 1. The van der Waals surface area contributed by atoms with E-state index in [4.69, 9.17) is 10.2 Å². The largest absolute Gasteiger partial charge is 0.481 e. The Morgan fingerprint density at radius 3 is 1.48 bits per heavy atom. The number of carbonyl (C=O) groups is 3. The topological polar surface area (TPSA) is 104 Å². The molecule has 0 aromatic carbocycles. The van der Waals surface area contributed by atoms with Gasteiger partial charge < -0.3 is 20.3 Å². The van der Waals surface area contributed by atoms with Gasteiger partial charge in [-0.05, 0) is 25.8 Å². The summed E-state index contributed by atoms with van der Waals surface area (Å²) in [6.07, 6.45) is 20.3. The third-order valence-electron chi connectivity index (χ3n) is 5.33. The van der Waals surface area contributed by atoms with E-state index in [1.807, 2.05) is 0 Å². The van der Waals surface area contributed by atoms with Crippen LogP contribution in [-0.2, 0) is 14.4 Å². The standard InChI is InChI=1S/C23H43NO5/c25-20-16-14-12-10-8-6-4-2-1-3-5-7-9-11-13-15-19-24-21(23(28)29)17-18-22(26)27/h20-21,24H,1-19H2,(H,26,27)(H,28,29)/t21-/m0/s1. The zero-order valence-electron chi connectivity index (χ0n) is 18.2. The summed E-state index contributed by atoms with van der Waals surface area (Å²) in [5, 5.41) is 20.7. The molecule has 6 heteroatoms. The van der Waals surface area contributed by atoms with E-state index in [2.05, 4.69) is 5.32 Å². The van der Waals surface area contributed by atoms with Crippen molar-refractivity contribution in [3.63, 3.8) is 0 Å². The maximum atomic E-state index is 11.1. The van der Waals surface area contributed by atoms with Crippen LogP contribution in [0.2, 0.25) is 0 Å². The number of aliphatic carboxylic acids is 2. The smallest absolute Gasteiger partial charge is 0.320 e. The summed E-state index contributed by atoms with van der Waals surface area (Å²) in [6.45, 7) is 0.633. The van der Waals surface area contributed by atoms with Gasteiger partial charge in [0.05, 0.1) is 0 Å². The Balaban J connectivity index is 3.27. The molecular formula is C23H43NO5. The average molecular weight is 414 g/mol. The van der Waals surface area contributed by atoms with Crippen molar-refractivity contribution in [3.8, 4) is 0 Å². The van der Waals surface area contributed by atoms with Gasteiger partial charge in [0.2, 0.25) is 0 Å². The number of hydrogen-bond acceptors (Lipinski definition) is 4. The Morgan fingerprint density at radius 2 is 1.10 bits per heavy atom. The molecule has 0 saturated carbocycles. The molecule has 0 saturated heterocycles. The Hall–Kier alpha value is -1.43. The van der Waals surface area contributed by atoms with Gasteiger partial charge in [-0.25, -0.2) is 0 Å². The normalized spacial score (nSPS) is 12.0. The Morgan fingerprint density at radius 1 is 0.690 bits per heavy atom. The van der Waals surface area contributed by atoms with Gasteiger partial charge in [0.25, 0.3) is 0 Å². The van der Waals surface area contributed by atoms with Crippen LogP contribution in [0.1, 0.15) is 116 Å². The second kappa shape index (κ2) is 21.3. The zero-order chi connectivity index (χ0) is 21.6. The van der Waals surface area contributed by atoms with Gasteiger partial charge in [0.15, 0.2) is 0 Å². The van der Waals surface area contributed by atoms with Crippen molar-refractivity contribution < 1.29 is 24.6 Å². The Labute approximate surface area is 176 Å². The predicted molar refractivity (Wildman–Crippen MR) is 116 cm³/mol. The highest BCUT2D eigenvalue weighted by Crippen LogP contribution is 2.13. The molecule has 0 bridgehead atoms. The van der Waals surface area contributed by atoms with Crippen molar-refractivity contribution in [3.05, 3.63) is 0 Å². The molecule has 170 valence electrons. The molecule has 0 fully saturated rings. The van der Waals surface area contributed by atoms with E-state index >= 15 is 0 Å². The molecule has 29 heavy (non-hydrogen) atoms. The predicted octanol–water partition coefficient (Wildman–Crippen LogP) is 5.33. The first kappa shape index (κ1) is 27.6. The summed E-state index contributed by atoms with van der Waals surface area (Å²) in [4.78, 5) is 31.8. The van der Waals surface area contributed by atoms with Crippen LogP contribution in [0.25, 0.3) is 0 Å². The number of unbranched alkanes of at least 4 members (excludes halogenated alkanes) is 15. The Kier molecular flexibility index (Phi) is 20.2. The Bertz CT molecular complexity index is 414. The number of hydrogen-bond donors (Lipinski definition) is 3. The van der Waals surface area contributed by atoms with Gasteiger partial charge in [-0.15, -0.1) is 0 Å². The summed E-state index contributed by atoms with van der Waals surface area (Å²) in [7, 11) is 0. The van der Waals surface area contributed by atoms with Crippen LogP contribution in [0.3, 0.4) is 0 Å². The summed E-state index contributed by atoms with van der Waals surface area (Å²) < 4.78 is 0. The highest BCUT2D eigenvalue weighted by atomic mass is 16.4. The summed E-state index contributed by atoms with van der Waals surface area (Å²) in [6, 6.07) is -0.756. The average Bonchev–Trinajstić information content (AvgIpc) is 2.68. The summed E-state index contributed by atoms with van der Waals surface area (Å²) in [5.41, 5.74) is 0. The van der Waals surface area contributed by atoms with Crippen molar-refractivity contribution >= 4 is 18.2 Å². The molecule has 0 aromatic heterocycles. The number of carboxylic acid groups (broad SMARTS) is 2. The van der Waals surface area contributed by atoms with Gasteiger partial charge in [0.1, 0.15) is 12.3 Å². The van der Waals surface area contributed by atoms with Crippen LogP contribution in [0, 0.1) is 0 Å². The van der Waals surface area contributed by atoms with Crippen molar-refractivity contribution in [1.29, 1.82) is 0 Å². The van der Waals surface area contributed by atoms with Gasteiger partial charge in [-0.1, -0.05) is 83.5 Å². The molecule has 0 aliphatic heterocycles. The van der Waals surface area contributed by atoms with Gasteiger partial charge in [0, 0.05) is 12.8 Å². The van der Waals surface area contributed by atoms with E-state index in [9.17, 15) is 14.4 Å². The molecule has 6 nitrogen and oxygen atoms in total. The fourth-order valence-corrected chi connectivity index (χ4v) is 3.51. The lowest BCUT2D eigenvalue weighted by Crippen LogP contribution is -2.37. The summed E-state index contributed by atoms with van der Waals surface area (Å²) in [5.74, 6) is -1.93. The molecule has 0 aliphatic carbocycles. The quantitative estimate of drug-likeness (QED) is 0.154. The molecule has 1 atom stereocenters. The molecule has 0 rings (SSSR count). The molecule has 0 amide bonds. The molecular weight excluding hydrogens is 370 g/mol. The van der Waals surface area contributed by atoms with Crippen LogP contribution in [0.15, 0.2) is 0 Å². The van der Waals surface area contributed by atoms with Crippen LogP contribution in [-0.4, -0.2) is 41.0 Å². The van der Waals surface area contributed by atoms with Gasteiger partial charge >= 0.3 is 11.9 Å². The third kappa shape index (κ3) is 21.1. The lowest BCUT2D eigenvalue weighted by Gasteiger charge is -2.13. The minimum absolute atomic E-state index is 0.119. The van der Waals surface area contributed by atoms with Crippen molar-refractivity contribution in [1.82, 2.24) is 5.32 Å². The number of carboxylic acids is 2. The monoisotopic (exact) mass is 413 g/mol. The lowest BCUT2D eigenvalue weighted by molar-refractivity contribution is -0.140. The SMILES string of the molecule is O=CCCCCCCCCCCCCCCCCCN[C@@H](CCC(=O)O)C(=O)O. The van der Waals surface area contributed by atoms with Crippen LogP contribution in [0.5, 0.6) is 0 Å². The molecule has 0 aromatic rings. The first-order chi connectivity index (χ1) is 14.1. The highest BCUT2D eigenvalue weighted by Gasteiger charge is 2.17. The van der Waals surface area contributed by atoms with E-state index in [0.717, 1.165) is 32.0 Å². The zero-order valence-corrected chi connectivity index (χ0v) is 18.2. The van der Waals surface area contributed by atoms with E-state index in [1.165, 1.54) is 77.0 Å². The third-order valence-corrected chi connectivity index (χ3v) is 5.33. The molecule has 0 unspecified atom stereocenters.